The Kier molecular flexibility index (Phi) is 4.37. The number of amides is 1. The molecule has 7 heteroatoms. The Balaban J connectivity index is 2.04. The molecule has 0 bridgehead atoms. The lowest BCUT2D eigenvalue weighted by Gasteiger charge is -2.06. The third kappa shape index (κ3) is 3.83. The van der Waals surface area contributed by atoms with Crippen molar-refractivity contribution in [2.24, 2.45) is 0 Å². The molecule has 0 atom stereocenters. The van der Waals surface area contributed by atoms with Gasteiger partial charge in [-0.25, -0.2) is 4.98 Å². The van der Waals surface area contributed by atoms with Gasteiger partial charge in [-0.05, 0) is 17.7 Å². The van der Waals surface area contributed by atoms with Crippen LogP contribution in [-0.4, -0.2) is 28.1 Å². The quantitative estimate of drug-likeness (QED) is 0.843. The molecule has 2 aromatic rings. The van der Waals surface area contributed by atoms with Crippen molar-refractivity contribution in [2.75, 3.05) is 12.4 Å². The van der Waals surface area contributed by atoms with Gasteiger partial charge >= 0.3 is 0 Å². The molecule has 104 valence electrons. The molecule has 0 radical (unpaired) electrons. The molecule has 2 N–H and O–H groups in total. The maximum absolute atomic E-state index is 11.8. The number of nitrogens with zero attached hydrogens (tertiary/aromatic N) is 2. The maximum Gasteiger partial charge on any atom is 0.234 e. The van der Waals surface area contributed by atoms with E-state index in [1.807, 2.05) is 0 Å². The number of ether oxygens (including phenoxy) is 1. The second-order valence-corrected chi connectivity index (χ2v) is 4.34. The lowest BCUT2D eigenvalue weighted by molar-refractivity contribution is -0.115. The van der Waals surface area contributed by atoms with Gasteiger partial charge in [-0.2, -0.15) is 4.98 Å². The fourth-order valence-corrected chi connectivity index (χ4v) is 1.70. The van der Waals surface area contributed by atoms with E-state index < -0.39 is 0 Å². The molecule has 1 amide bonds. The number of anilines is 1. The van der Waals surface area contributed by atoms with Gasteiger partial charge in [-0.15, -0.1) is 0 Å². The Morgan fingerprint density at radius 2 is 2.05 bits per heavy atom. The van der Waals surface area contributed by atoms with Crippen molar-refractivity contribution in [1.29, 1.82) is 0 Å². The predicted octanol–water partition coefficient (Wildman–Crippen LogP) is 2.03. The number of nitrogens with one attached hydrogen (secondary N) is 1. The Morgan fingerprint density at radius 1 is 1.35 bits per heavy atom. The Labute approximate surface area is 120 Å². The number of carbonyl (C=O) groups excluding carboxylic acids is 1. The van der Waals surface area contributed by atoms with E-state index in [1.165, 1.54) is 25.3 Å². The summed E-state index contributed by atoms with van der Waals surface area (Å²) in [6.07, 6.45) is 0.137. The molecule has 0 saturated carbocycles. The van der Waals surface area contributed by atoms with E-state index >= 15 is 0 Å². The van der Waals surface area contributed by atoms with Crippen molar-refractivity contribution in [2.45, 2.75) is 6.42 Å². The summed E-state index contributed by atoms with van der Waals surface area (Å²) in [4.78, 5) is 19.7. The average molecular weight is 294 g/mol. The van der Waals surface area contributed by atoms with Crippen LogP contribution in [0.15, 0.2) is 30.3 Å². The van der Waals surface area contributed by atoms with Crippen LogP contribution in [0.25, 0.3) is 0 Å². The van der Waals surface area contributed by atoms with Crippen LogP contribution in [0.1, 0.15) is 5.56 Å². The summed E-state index contributed by atoms with van der Waals surface area (Å²) in [5, 5.41) is 11.9. The van der Waals surface area contributed by atoms with E-state index in [2.05, 4.69) is 15.3 Å². The van der Waals surface area contributed by atoms with Gasteiger partial charge in [-0.3, -0.25) is 10.1 Å². The minimum atomic E-state index is -0.292. The first-order chi connectivity index (χ1) is 9.56. The first-order valence-electron chi connectivity index (χ1n) is 5.73. The summed E-state index contributed by atoms with van der Waals surface area (Å²) in [6, 6.07) is 7.79. The zero-order valence-electron chi connectivity index (χ0n) is 10.6. The molecular weight excluding hydrogens is 282 g/mol. The summed E-state index contributed by atoms with van der Waals surface area (Å²) in [5.41, 5.74) is 0.759. The van der Waals surface area contributed by atoms with Crippen molar-refractivity contribution in [3.8, 4) is 11.6 Å². The van der Waals surface area contributed by atoms with E-state index in [0.717, 1.165) is 5.56 Å². The topological polar surface area (TPSA) is 84.3 Å². The van der Waals surface area contributed by atoms with Crippen molar-refractivity contribution in [1.82, 2.24) is 9.97 Å². The van der Waals surface area contributed by atoms with Crippen molar-refractivity contribution >= 4 is 23.5 Å². The molecular formula is C13H12ClN3O3. The van der Waals surface area contributed by atoms with Crippen LogP contribution in [-0.2, 0) is 11.2 Å². The Bertz CT molecular complexity index is 617. The van der Waals surface area contributed by atoms with Crippen molar-refractivity contribution < 1.29 is 14.6 Å². The van der Waals surface area contributed by atoms with Gasteiger partial charge in [0.05, 0.1) is 13.5 Å². The second kappa shape index (κ2) is 6.21. The number of hydrogen-bond acceptors (Lipinski definition) is 5. The highest BCUT2D eigenvalue weighted by molar-refractivity contribution is 6.29. The first kappa shape index (κ1) is 14.1. The molecule has 1 heterocycles. The van der Waals surface area contributed by atoms with Gasteiger partial charge in [-0.1, -0.05) is 23.7 Å². The number of halogens is 1. The van der Waals surface area contributed by atoms with Gasteiger partial charge in [0.15, 0.2) is 0 Å². The summed E-state index contributed by atoms with van der Waals surface area (Å²) < 4.78 is 4.93. The zero-order valence-corrected chi connectivity index (χ0v) is 11.4. The van der Waals surface area contributed by atoms with E-state index in [-0.39, 0.29) is 35.1 Å². The average Bonchev–Trinajstić information content (AvgIpc) is 2.40. The molecule has 0 aliphatic carbocycles. The number of aromatic nitrogens is 2. The monoisotopic (exact) mass is 293 g/mol. The number of carbonyl (C=O) groups is 1. The van der Waals surface area contributed by atoms with Gasteiger partial charge in [0.2, 0.25) is 17.7 Å². The molecule has 2 rings (SSSR count). The highest BCUT2D eigenvalue weighted by Gasteiger charge is 2.08. The number of benzene rings is 1. The fraction of sp³-hybridized carbons (Fsp3) is 0.154. The number of rotatable bonds is 4. The van der Waals surface area contributed by atoms with Crippen LogP contribution in [0, 0.1) is 0 Å². The van der Waals surface area contributed by atoms with E-state index in [9.17, 15) is 4.79 Å². The minimum Gasteiger partial charge on any atom is -0.508 e. The van der Waals surface area contributed by atoms with Crippen molar-refractivity contribution in [3.05, 3.63) is 41.0 Å². The van der Waals surface area contributed by atoms with Gasteiger partial charge in [0, 0.05) is 6.07 Å². The van der Waals surface area contributed by atoms with Crippen LogP contribution in [0.5, 0.6) is 11.6 Å². The highest BCUT2D eigenvalue weighted by Crippen LogP contribution is 2.16. The van der Waals surface area contributed by atoms with Crippen LogP contribution in [0.3, 0.4) is 0 Å². The molecule has 1 aromatic heterocycles. The van der Waals surface area contributed by atoms with Crippen LogP contribution in [0.4, 0.5) is 5.95 Å². The van der Waals surface area contributed by atoms with Crippen LogP contribution >= 0.6 is 11.6 Å². The fourth-order valence-electron chi connectivity index (χ4n) is 1.53. The first-order valence-corrected chi connectivity index (χ1v) is 6.11. The zero-order chi connectivity index (χ0) is 14.5. The molecule has 0 fully saturated rings. The molecule has 0 aliphatic rings. The van der Waals surface area contributed by atoms with Gasteiger partial charge in [0.1, 0.15) is 10.9 Å². The number of hydrogen-bond donors (Lipinski definition) is 2. The molecule has 1 aromatic carbocycles. The predicted molar refractivity (Wildman–Crippen MR) is 74.0 cm³/mol. The molecule has 0 aliphatic heterocycles. The molecule has 0 spiro atoms. The normalized spacial score (nSPS) is 10.1. The number of phenolic OH excluding ortho intramolecular Hbond substituents is 1. The van der Waals surface area contributed by atoms with Gasteiger partial charge in [0.25, 0.3) is 0 Å². The summed E-state index contributed by atoms with van der Waals surface area (Å²) >= 11 is 5.78. The largest absolute Gasteiger partial charge is 0.508 e. The van der Waals surface area contributed by atoms with E-state index in [0.29, 0.717) is 0 Å². The third-order valence-corrected chi connectivity index (χ3v) is 2.63. The summed E-state index contributed by atoms with van der Waals surface area (Å²) in [5.74, 6) is 0.208. The summed E-state index contributed by atoms with van der Waals surface area (Å²) in [7, 11) is 1.45. The van der Waals surface area contributed by atoms with Crippen molar-refractivity contribution in [3.63, 3.8) is 0 Å². The Morgan fingerprint density at radius 3 is 2.70 bits per heavy atom. The van der Waals surface area contributed by atoms with E-state index in [1.54, 1.807) is 12.1 Å². The number of methoxy groups -OCH3 is 1. The standard InChI is InChI=1S/C13H12ClN3O3/c1-20-12-7-10(14)15-13(17-12)16-11(19)6-8-2-4-9(18)5-3-8/h2-5,7,18H,6H2,1H3,(H,15,16,17,19). The number of phenols is 1. The maximum atomic E-state index is 11.8. The van der Waals surface area contributed by atoms with E-state index in [4.69, 9.17) is 21.4 Å². The second-order valence-electron chi connectivity index (χ2n) is 3.95. The summed E-state index contributed by atoms with van der Waals surface area (Å²) in [6.45, 7) is 0. The lowest BCUT2D eigenvalue weighted by Crippen LogP contribution is -2.16. The lowest BCUT2D eigenvalue weighted by atomic mass is 10.1. The molecule has 20 heavy (non-hydrogen) atoms. The smallest absolute Gasteiger partial charge is 0.234 e. The van der Waals surface area contributed by atoms with Crippen LogP contribution in [0.2, 0.25) is 5.15 Å². The SMILES string of the molecule is COc1cc(Cl)nc(NC(=O)Cc2ccc(O)cc2)n1. The Hall–Kier alpha value is -2.34. The molecule has 0 saturated heterocycles. The number of aromatic hydroxyl groups is 1. The highest BCUT2D eigenvalue weighted by atomic mass is 35.5. The van der Waals surface area contributed by atoms with Gasteiger partial charge < -0.3 is 9.84 Å². The van der Waals surface area contributed by atoms with Crippen LogP contribution < -0.4 is 10.1 Å². The molecule has 6 nitrogen and oxygen atoms in total. The minimum absolute atomic E-state index is 0.0816. The third-order valence-electron chi connectivity index (χ3n) is 2.43. The molecule has 0 unspecified atom stereocenters.